The summed E-state index contributed by atoms with van der Waals surface area (Å²) in [6.45, 7) is 2.54. The van der Waals surface area contributed by atoms with E-state index in [1.54, 1.807) is 18.2 Å². The molecule has 2 aromatic rings. The normalized spacial score (nSPS) is 17.3. The number of sulfonamides is 1. The molecule has 170 valence electrons. The number of nitrogens with one attached hydrogen (secondary N) is 1. The number of nitrogens with zero attached hydrogens (tertiary/aromatic N) is 3. The molecule has 2 fully saturated rings. The highest BCUT2D eigenvalue weighted by Crippen LogP contribution is 2.29. The average Bonchev–Trinajstić information content (AvgIpc) is 3.35. The maximum Gasteiger partial charge on any atom is 0.270 e. The fraction of sp³-hybridized carbons (Fsp3) is 0.409. The van der Waals surface area contributed by atoms with Gasteiger partial charge in [0.2, 0.25) is 10.0 Å². The third kappa shape index (κ3) is 4.61. The van der Waals surface area contributed by atoms with E-state index in [1.807, 2.05) is 0 Å². The fourth-order valence-electron chi connectivity index (χ4n) is 4.24. The number of anilines is 2. The molecule has 10 heteroatoms. The first-order chi connectivity index (χ1) is 15.4. The topological polar surface area (TPSA) is 113 Å². The molecule has 0 radical (unpaired) electrons. The first kappa shape index (κ1) is 22.2. The standard InChI is InChI=1S/C22H26N4O5S/c27-22(20-16-18(26(28)29)9-10-21(20)24-11-2-1-3-12-24)23-17-7-6-8-19(15-17)32(30,31)25-13-4-5-14-25/h6-10,15-16H,1-5,11-14H2,(H,23,27). The van der Waals surface area contributed by atoms with E-state index in [-0.39, 0.29) is 16.1 Å². The lowest BCUT2D eigenvalue weighted by Crippen LogP contribution is -2.31. The molecular weight excluding hydrogens is 432 g/mol. The summed E-state index contributed by atoms with van der Waals surface area (Å²) in [6.07, 6.45) is 4.77. The molecule has 2 saturated heterocycles. The number of hydrogen-bond acceptors (Lipinski definition) is 6. The van der Waals surface area contributed by atoms with Crippen LogP contribution in [-0.4, -0.2) is 49.7 Å². The highest BCUT2D eigenvalue weighted by atomic mass is 32.2. The number of amides is 1. The van der Waals surface area contributed by atoms with E-state index < -0.39 is 20.9 Å². The monoisotopic (exact) mass is 458 g/mol. The zero-order valence-electron chi connectivity index (χ0n) is 17.7. The Hall–Kier alpha value is -2.98. The van der Waals surface area contributed by atoms with Crippen molar-refractivity contribution in [3.05, 3.63) is 58.1 Å². The Morgan fingerprint density at radius 3 is 2.31 bits per heavy atom. The Morgan fingerprint density at radius 1 is 0.938 bits per heavy atom. The molecule has 0 atom stereocenters. The van der Waals surface area contributed by atoms with Crippen LogP contribution >= 0.6 is 0 Å². The molecule has 9 nitrogen and oxygen atoms in total. The van der Waals surface area contributed by atoms with Crippen LogP contribution in [0, 0.1) is 10.1 Å². The molecule has 1 amide bonds. The number of nitro groups is 1. The Balaban J connectivity index is 1.62. The van der Waals surface area contributed by atoms with Crippen molar-refractivity contribution in [1.29, 1.82) is 0 Å². The van der Waals surface area contributed by atoms with Crippen molar-refractivity contribution in [2.24, 2.45) is 0 Å². The van der Waals surface area contributed by atoms with Crippen molar-refractivity contribution in [3.63, 3.8) is 0 Å². The Kier molecular flexibility index (Phi) is 6.43. The number of hydrogen-bond donors (Lipinski definition) is 1. The van der Waals surface area contributed by atoms with Crippen molar-refractivity contribution in [2.45, 2.75) is 37.0 Å². The van der Waals surface area contributed by atoms with E-state index in [0.717, 1.165) is 45.2 Å². The van der Waals surface area contributed by atoms with Gasteiger partial charge in [-0.2, -0.15) is 4.31 Å². The third-order valence-electron chi connectivity index (χ3n) is 5.93. The second-order valence-electron chi connectivity index (χ2n) is 8.10. The minimum Gasteiger partial charge on any atom is -0.371 e. The summed E-state index contributed by atoms with van der Waals surface area (Å²) >= 11 is 0. The number of nitro benzene ring substituents is 1. The number of rotatable bonds is 6. The summed E-state index contributed by atoms with van der Waals surface area (Å²) in [7, 11) is -3.62. The molecule has 0 bridgehead atoms. The van der Waals surface area contributed by atoms with E-state index in [0.29, 0.717) is 24.5 Å². The number of piperidine rings is 1. The van der Waals surface area contributed by atoms with Gasteiger partial charge in [-0.3, -0.25) is 14.9 Å². The molecule has 2 aliphatic heterocycles. The number of non-ortho nitro benzene ring substituents is 1. The zero-order chi connectivity index (χ0) is 22.7. The quantitative estimate of drug-likeness (QED) is 0.523. The highest BCUT2D eigenvalue weighted by molar-refractivity contribution is 7.89. The van der Waals surface area contributed by atoms with Crippen molar-refractivity contribution in [1.82, 2.24) is 4.31 Å². The van der Waals surface area contributed by atoms with Crippen LogP contribution in [0.2, 0.25) is 0 Å². The van der Waals surface area contributed by atoms with Crippen molar-refractivity contribution >= 4 is 33.0 Å². The lowest BCUT2D eigenvalue weighted by atomic mass is 10.1. The summed E-state index contributed by atoms with van der Waals surface area (Å²) in [5.41, 5.74) is 1.01. The van der Waals surface area contributed by atoms with Gasteiger partial charge in [0.05, 0.1) is 21.1 Å². The molecule has 0 aliphatic carbocycles. The zero-order valence-corrected chi connectivity index (χ0v) is 18.5. The van der Waals surface area contributed by atoms with E-state index >= 15 is 0 Å². The molecule has 0 saturated carbocycles. The van der Waals surface area contributed by atoms with E-state index in [2.05, 4.69) is 10.2 Å². The lowest BCUT2D eigenvalue weighted by molar-refractivity contribution is -0.384. The van der Waals surface area contributed by atoms with Crippen molar-refractivity contribution in [3.8, 4) is 0 Å². The van der Waals surface area contributed by atoms with Gasteiger partial charge in [0.1, 0.15) is 0 Å². The lowest BCUT2D eigenvalue weighted by Gasteiger charge is -2.30. The van der Waals surface area contributed by atoms with Crippen LogP contribution in [0.3, 0.4) is 0 Å². The van der Waals surface area contributed by atoms with Gasteiger partial charge in [0.15, 0.2) is 0 Å². The van der Waals surface area contributed by atoms with Gasteiger partial charge < -0.3 is 10.2 Å². The van der Waals surface area contributed by atoms with Gasteiger partial charge >= 0.3 is 0 Å². The van der Waals surface area contributed by atoms with Crippen LogP contribution in [0.4, 0.5) is 17.1 Å². The first-order valence-electron chi connectivity index (χ1n) is 10.8. The molecule has 1 N–H and O–H groups in total. The molecule has 2 heterocycles. The van der Waals surface area contributed by atoms with Gasteiger partial charge in [-0.25, -0.2) is 8.42 Å². The molecular formula is C22H26N4O5S. The van der Waals surface area contributed by atoms with E-state index in [4.69, 9.17) is 0 Å². The predicted octanol–water partition coefficient (Wildman–Crippen LogP) is 3.62. The van der Waals surface area contributed by atoms with Crippen LogP contribution in [0.5, 0.6) is 0 Å². The molecule has 32 heavy (non-hydrogen) atoms. The fourth-order valence-corrected chi connectivity index (χ4v) is 5.80. The molecule has 0 unspecified atom stereocenters. The summed E-state index contributed by atoms with van der Waals surface area (Å²) in [5, 5.41) is 14.0. The minimum absolute atomic E-state index is 0.118. The number of benzene rings is 2. The summed E-state index contributed by atoms with van der Waals surface area (Å²) in [6, 6.07) is 10.4. The Morgan fingerprint density at radius 2 is 1.62 bits per heavy atom. The predicted molar refractivity (Wildman–Crippen MR) is 122 cm³/mol. The van der Waals surface area contributed by atoms with Gasteiger partial charge in [-0.15, -0.1) is 0 Å². The minimum atomic E-state index is -3.62. The van der Waals surface area contributed by atoms with Gasteiger partial charge in [0.25, 0.3) is 11.6 Å². The molecule has 0 aromatic heterocycles. The van der Waals surface area contributed by atoms with E-state index in [9.17, 15) is 23.3 Å². The summed E-state index contributed by atoms with van der Waals surface area (Å²) in [4.78, 5) is 26.1. The van der Waals surface area contributed by atoms with Crippen molar-refractivity contribution in [2.75, 3.05) is 36.4 Å². The largest absolute Gasteiger partial charge is 0.371 e. The average molecular weight is 459 g/mol. The van der Waals surface area contributed by atoms with Crippen LogP contribution in [0.25, 0.3) is 0 Å². The summed E-state index contributed by atoms with van der Waals surface area (Å²) < 4.78 is 27.2. The van der Waals surface area contributed by atoms with Crippen LogP contribution in [0.1, 0.15) is 42.5 Å². The van der Waals surface area contributed by atoms with Crippen LogP contribution in [-0.2, 0) is 10.0 Å². The molecule has 2 aromatic carbocycles. The molecule has 4 rings (SSSR count). The van der Waals surface area contributed by atoms with Crippen LogP contribution < -0.4 is 10.2 Å². The van der Waals surface area contributed by atoms with Gasteiger partial charge in [-0.1, -0.05) is 6.07 Å². The smallest absolute Gasteiger partial charge is 0.270 e. The first-order valence-corrected chi connectivity index (χ1v) is 12.3. The van der Waals surface area contributed by atoms with E-state index in [1.165, 1.54) is 28.6 Å². The van der Waals surface area contributed by atoms with Crippen LogP contribution in [0.15, 0.2) is 47.4 Å². The van der Waals surface area contributed by atoms with Gasteiger partial charge in [-0.05, 0) is 56.4 Å². The Labute approximate surface area is 187 Å². The maximum atomic E-state index is 13.1. The molecule has 2 aliphatic rings. The summed E-state index contributed by atoms with van der Waals surface area (Å²) in [5.74, 6) is -0.509. The maximum absolute atomic E-state index is 13.1. The Bertz CT molecular complexity index is 1120. The third-order valence-corrected chi connectivity index (χ3v) is 7.82. The van der Waals surface area contributed by atoms with Crippen molar-refractivity contribution < 1.29 is 18.1 Å². The highest BCUT2D eigenvalue weighted by Gasteiger charge is 2.28. The number of carbonyl (C=O) groups is 1. The SMILES string of the molecule is O=C(Nc1cccc(S(=O)(=O)N2CCCC2)c1)c1cc([N+](=O)[O-])ccc1N1CCCCC1. The number of carbonyl (C=O) groups excluding carboxylic acids is 1. The molecule has 0 spiro atoms. The second kappa shape index (κ2) is 9.25. The second-order valence-corrected chi connectivity index (χ2v) is 10.0. The van der Waals surface area contributed by atoms with Gasteiger partial charge in [0, 0.05) is 44.0 Å².